The second-order valence-corrected chi connectivity index (χ2v) is 5.70. The predicted molar refractivity (Wildman–Crippen MR) is 87.1 cm³/mol. The molecular weight excluding hydrogens is 311 g/mol. The van der Waals surface area contributed by atoms with Gasteiger partial charge in [-0.2, -0.15) is 5.10 Å². The first-order valence-corrected chi connectivity index (χ1v) is 7.43. The van der Waals surface area contributed by atoms with Gasteiger partial charge < -0.3 is 10.6 Å². The Labute approximate surface area is 136 Å². The van der Waals surface area contributed by atoms with E-state index >= 15 is 0 Å². The van der Waals surface area contributed by atoms with Crippen LogP contribution in [0.3, 0.4) is 0 Å². The van der Waals surface area contributed by atoms with Crippen LogP contribution in [0.15, 0.2) is 42.6 Å². The van der Waals surface area contributed by atoms with Gasteiger partial charge in [0.2, 0.25) is 11.8 Å². The van der Waals surface area contributed by atoms with Gasteiger partial charge in [-0.25, -0.2) is 4.39 Å². The number of benzene rings is 2. The standard InChI is InChI=1S/C17H13FN4O2/c18-10-1-3-12-13(7-16(23)21-15(12)6-10)17(24)20-11-2-4-14-9(5-11)8-19-22-14/h1-6,8,13H,7H2,(H,19,22)(H,20,24)(H,21,23)/t13-/m0/s1. The second-order valence-electron chi connectivity index (χ2n) is 5.70. The Morgan fingerprint density at radius 2 is 2.12 bits per heavy atom. The van der Waals surface area contributed by atoms with Crippen LogP contribution in [0.5, 0.6) is 0 Å². The van der Waals surface area contributed by atoms with Crippen LogP contribution in [-0.2, 0) is 9.59 Å². The molecule has 0 spiro atoms. The summed E-state index contributed by atoms with van der Waals surface area (Å²) < 4.78 is 13.4. The molecule has 7 heteroatoms. The molecule has 4 rings (SSSR count). The largest absolute Gasteiger partial charge is 0.326 e. The number of carbonyl (C=O) groups is 2. The van der Waals surface area contributed by atoms with E-state index in [9.17, 15) is 14.0 Å². The van der Waals surface area contributed by atoms with Crippen LogP contribution < -0.4 is 10.6 Å². The number of hydrogen-bond acceptors (Lipinski definition) is 3. The monoisotopic (exact) mass is 324 g/mol. The Hall–Kier alpha value is -3.22. The number of nitrogens with one attached hydrogen (secondary N) is 3. The Balaban J connectivity index is 1.63. The summed E-state index contributed by atoms with van der Waals surface area (Å²) in [6.07, 6.45) is 1.69. The van der Waals surface area contributed by atoms with Gasteiger partial charge >= 0.3 is 0 Å². The summed E-state index contributed by atoms with van der Waals surface area (Å²) in [7, 11) is 0. The van der Waals surface area contributed by atoms with Crippen LogP contribution >= 0.6 is 0 Å². The fourth-order valence-electron chi connectivity index (χ4n) is 2.92. The lowest BCUT2D eigenvalue weighted by Crippen LogP contribution is -2.30. The van der Waals surface area contributed by atoms with Gasteiger partial charge in [0, 0.05) is 23.2 Å². The van der Waals surface area contributed by atoms with Crippen molar-refractivity contribution in [3.63, 3.8) is 0 Å². The van der Waals surface area contributed by atoms with Crippen LogP contribution in [0.4, 0.5) is 15.8 Å². The third-order valence-corrected chi connectivity index (χ3v) is 4.08. The molecule has 1 atom stereocenters. The Morgan fingerprint density at radius 1 is 1.25 bits per heavy atom. The number of aromatic amines is 1. The molecule has 0 saturated carbocycles. The van der Waals surface area contributed by atoms with Crippen molar-refractivity contribution in [1.29, 1.82) is 0 Å². The molecule has 2 heterocycles. The fourth-order valence-corrected chi connectivity index (χ4v) is 2.92. The molecule has 1 aromatic heterocycles. The minimum absolute atomic E-state index is 0.0262. The molecule has 1 aliphatic heterocycles. The Bertz CT molecular complexity index is 966. The predicted octanol–water partition coefficient (Wildman–Crippen LogP) is 2.77. The zero-order valence-electron chi connectivity index (χ0n) is 12.5. The molecule has 1 aliphatic rings. The summed E-state index contributed by atoms with van der Waals surface area (Å²) in [4.78, 5) is 24.4. The van der Waals surface area contributed by atoms with Crippen molar-refractivity contribution in [1.82, 2.24) is 10.2 Å². The number of fused-ring (bicyclic) bond motifs is 2. The number of rotatable bonds is 2. The molecule has 0 fully saturated rings. The molecule has 0 bridgehead atoms. The van der Waals surface area contributed by atoms with Gasteiger partial charge in [0.15, 0.2) is 0 Å². The van der Waals surface area contributed by atoms with Crippen LogP contribution in [0.2, 0.25) is 0 Å². The van der Waals surface area contributed by atoms with Gasteiger partial charge in [-0.3, -0.25) is 14.7 Å². The van der Waals surface area contributed by atoms with E-state index in [1.165, 1.54) is 18.2 Å². The first kappa shape index (κ1) is 14.4. The molecule has 0 aliphatic carbocycles. The Kier molecular flexibility index (Phi) is 3.26. The molecule has 0 radical (unpaired) electrons. The lowest BCUT2D eigenvalue weighted by molar-refractivity contribution is -0.123. The summed E-state index contributed by atoms with van der Waals surface area (Å²) >= 11 is 0. The first-order chi connectivity index (χ1) is 11.6. The lowest BCUT2D eigenvalue weighted by Gasteiger charge is -2.24. The van der Waals surface area contributed by atoms with Crippen LogP contribution in [0.1, 0.15) is 17.9 Å². The maximum absolute atomic E-state index is 13.4. The van der Waals surface area contributed by atoms with Gasteiger partial charge in [0.1, 0.15) is 5.82 Å². The molecule has 2 aromatic carbocycles. The van der Waals surface area contributed by atoms with E-state index in [1.807, 2.05) is 6.07 Å². The normalized spacial score (nSPS) is 16.5. The quantitative estimate of drug-likeness (QED) is 0.677. The molecule has 6 nitrogen and oxygen atoms in total. The molecule has 3 aromatic rings. The molecule has 0 saturated heterocycles. The van der Waals surface area contributed by atoms with Gasteiger partial charge in [0.25, 0.3) is 0 Å². The molecule has 120 valence electrons. The highest BCUT2D eigenvalue weighted by molar-refractivity contribution is 6.05. The number of amides is 2. The average molecular weight is 324 g/mol. The summed E-state index contributed by atoms with van der Waals surface area (Å²) in [6.45, 7) is 0. The SMILES string of the molecule is O=C1C[C@H](C(=O)Nc2ccc3[nH]ncc3c2)c2ccc(F)cc2N1. The number of nitrogens with zero attached hydrogens (tertiary/aromatic N) is 1. The highest BCUT2D eigenvalue weighted by atomic mass is 19.1. The number of carbonyl (C=O) groups excluding carboxylic acids is 2. The number of anilines is 2. The van der Waals surface area contributed by atoms with Crippen molar-refractivity contribution >= 4 is 34.1 Å². The summed E-state index contributed by atoms with van der Waals surface area (Å²) in [5, 5.41) is 13.1. The van der Waals surface area contributed by atoms with Crippen molar-refractivity contribution in [3.05, 3.63) is 54.0 Å². The molecule has 3 N–H and O–H groups in total. The van der Waals surface area contributed by atoms with E-state index in [0.29, 0.717) is 16.9 Å². The molecule has 24 heavy (non-hydrogen) atoms. The van der Waals surface area contributed by atoms with Crippen LogP contribution in [0.25, 0.3) is 10.9 Å². The average Bonchev–Trinajstić information content (AvgIpc) is 3.01. The fraction of sp³-hybridized carbons (Fsp3) is 0.118. The number of hydrogen-bond donors (Lipinski definition) is 3. The van der Waals surface area contributed by atoms with Crippen LogP contribution in [-0.4, -0.2) is 22.0 Å². The highest BCUT2D eigenvalue weighted by Gasteiger charge is 2.31. The molecule has 0 unspecified atom stereocenters. The smallest absolute Gasteiger partial charge is 0.232 e. The summed E-state index contributed by atoms with van der Waals surface area (Å²) in [5.41, 5.74) is 2.43. The van der Waals surface area contributed by atoms with E-state index in [-0.39, 0.29) is 18.2 Å². The first-order valence-electron chi connectivity index (χ1n) is 7.43. The summed E-state index contributed by atoms with van der Waals surface area (Å²) in [5.74, 6) is -1.73. The number of aromatic nitrogens is 2. The van der Waals surface area contributed by atoms with E-state index in [1.54, 1.807) is 18.3 Å². The van der Waals surface area contributed by atoms with Crippen molar-refractivity contribution in [2.45, 2.75) is 12.3 Å². The maximum atomic E-state index is 13.4. The van der Waals surface area contributed by atoms with E-state index < -0.39 is 11.7 Å². The Morgan fingerprint density at radius 3 is 3.00 bits per heavy atom. The van der Waals surface area contributed by atoms with Gasteiger partial charge in [0.05, 0.1) is 17.6 Å². The number of H-pyrrole nitrogens is 1. The second kappa shape index (κ2) is 5.45. The number of halogens is 1. The third kappa shape index (κ3) is 2.50. The highest BCUT2D eigenvalue weighted by Crippen LogP contribution is 2.33. The van der Waals surface area contributed by atoms with Crippen molar-refractivity contribution in [3.8, 4) is 0 Å². The molecular formula is C17H13FN4O2. The maximum Gasteiger partial charge on any atom is 0.232 e. The van der Waals surface area contributed by atoms with Crippen molar-refractivity contribution < 1.29 is 14.0 Å². The van der Waals surface area contributed by atoms with Gasteiger partial charge in [-0.1, -0.05) is 6.07 Å². The van der Waals surface area contributed by atoms with Crippen molar-refractivity contribution in [2.75, 3.05) is 10.6 Å². The minimum Gasteiger partial charge on any atom is -0.326 e. The summed E-state index contributed by atoms with van der Waals surface area (Å²) in [6, 6.07) is 9.42. The van der Waals surface area contributed by atoms with E-state index in [2.05, 4.69) is 20.8 Å². The third-order valence-electron chi connectivity index (χ3n) is 4.08. The topological polar surface area (TPSA) is 86.9 Å². The van der Waals surface area contributed by atoms with Crippen molar-refractivity contribution in [2.24, 2.45) is 0 Å². The van der Waals surface area contributed by atoms with Gasteiger partial charge in [-0.05, 0) is 35.9 Å². The zero-order chi connectivity index (χ0) is 16.7. The zero-order valence-corrected chi connectivity index (χ0v) is 12.5. The van der Waals surface area contributed by atoms with Gasteiger partial charge in [-0.15, -0.1) is 0 Å². The minimum atomic E-state index is -0.658. The van der Waals surface area contributed by atoms with Crippen LogP contribution in [0, 0.1) is 5.82 Å². The van der Waals surface area contributed by atoms with E-state index in [0.717, 1.165) is 10.9 Å². The van der Waals surface area contributed by atoms with E-state index in [4.69, 9.17) is 0 Å². The lowest BCUT2D eigenvalue weighted by atomic mass is 9.89. The molecule has 2 amide bonds.